The molecule has 7 nitrogen and oxygen atoms in total. The Kier molecular flexibility index (Phi) is 6.17. The number of fused-ring (bicyclic) bond motifs is 1. The summed E-state index contributed by atoms with van der Waals surface area (Å²) >= 11 is 0. The van der Waals surface area contributed by atoms with E-state index in [1.165, 1.54) is 24.3 Å². The van der Waals surface area contributed by atoms with E-state index in [2.05, 4.69) is 4.98 Å². The molecule has 1 aliphatic carbocycles. The summed E-state index contributed by atoms with van der Waals surface area (Å²) in [5.41, 5.74) is 6.88. The third kappa shape index (κ3) is 4.91. The fraction of sp³-hybridized carbons (Fsp3) is 0.172. The summed E-state index contributed by atoms with van der Waals surface area (Å²) in [7, 11) is 0. The van der Waals surface area contributed by atoms with Crippen molar-refractivity contribution >= 4 is 34.1 Å². The van der Waals surface area contributed by atoms with E-state index >= 15 is 0 Å². The van der Waals surface area contributed by atoms with Gasteiger partial charge in [0.2, 0.25) is 0 Å². The van der Waals surface area contributed by atoms with E-state index < -0.39 is 11.4 Å². The number of Topliss-reactive ketones (excluding diaryl/α,β-unsaturated/α-hetero) is 2. The Morgan fingerprint density at radius 1 is 0.919 bits per heavy atom. The number of carboxylic acids is 1. The maximum atomic E-state index is 13.1. The van der Waals surface area contributed by atoms with Crippen molar-refractivity contribution in [1.29, 1.82) is 0 Å². The van der Waals surface area contributed by atoms with Gasteiger partial charge in [0.1, 0.15) is 17.3 Å². The zero-order valence-electron chi connectivity index (χ0n) is 19.7. The van der Waals surface area contributed by atoms with Gasteiger partial charge in [0, 0.05) is 30.1 Å². The summed E-state index contributed by atoms with van der Waals surface area (Å²) in [6, 6.07) is 17.2. The van der Waals surface area contributed by atoms with Crippen molar-refractivity contribution in [2.45, 2.75) is 25.7 Å². The molecule has 1 saturated carbocycles. The normalized spacial score (nSPS) is 13.8. The predicted octanol–water partition coefficient (Wildman–Crippen LogP) is 5.15. The number of nitrogens with two attached hydrogens (primary N) is 1. The molecule has 0 saturated heterocycles. The molecule has 3 N–H and O–H groups in total. The molecule has 1 fully saturated rings. The van der Waals surface area contributed by atoms with Crippen LogP contribution >= 0.6 is 0 Å². The fourth-order valence-corrected chi connectivity index (χ4v) is 4.41. The van der Waals surface area contributed by atoms with Crippen molar-refractivity contribution in [2.75, 3.05) is 5.73 Å². The molecule has 3 aromatic carbocycles. The lowest BCUT2D eigenvalue weighted by molar-refractivity contribution is -0.133. The molecule has 0 bridgehead atoms. The van der Waals surface area contributed by atoms with Crippen molar-refractivity contribution in [3.63, 3.8) is 0 Å². The van der Waals surface area contributed by atoms with Crippen LogP contribution in [0.1, 0.15) is 34.3 Å². The fourth-order valence-electron chi connectivity index (χ4n) is 4.41. The maximum absolute atomic E-state index is 13.1. The number of nitrogens with zero attached hydrogens (tertiary/aromatic N) is 1. The van der Waals surface area contributed by atoms with E-state index in [-0.39, 0.29) is 41.5 Å². The van der Waals surface area contributed by atoms with Crippen LogP contribution in [0.4, 0.5) is 10.1 Å². The monoisotopic (exact) mass is 498 g/mol. The second-order valence-corrected chi connectivity index (χ2v) is 9.23. The molecule has 4 aromatic rings. The molecule has 0 amide bonds. The topological polar surface area (TPSA) is 120 Å². The Labute approximate surface area is 211 Å². The smallest absolute Gasteiger partial charge is 0.337 e. The second-order valence-electron chi connectivity index (χ2n) is 9.23. The Morgan fingerprint density at radius 3 is 2.08 bits per heavy atom. The van der Waals surface area contributed by atoms with Crippen LogP contribution < -0.4 is 10.5 Å². The number of ether oxygens (including phenoxy) is 1. The second kappa shape index (κ2) is 9.46. The van der Waals surface area contributed by atoms with Crippen molar-refractivity contribution < 1.29 is 28.6 Å². The quantitative estimate of drug-likeness (QED) is 0.242. The van der Waals surface area contributed by atoms with Crippen molar-refractivity contribution in [3.05, 3.63) is 95.4 Å². The molecule has 5 rings (SSSR count). The van der Waals surface area contributed by atoms with E-state index in [4.69, 9.17) is 10.5 Å². The molecular formula is C29H23FN2O5. The summed E-state index contributed by atoms with van der Waals surface area (Å²) in [6.45, 7) is 0. The maximum Gasteiger partial charge on any atom is 0.337 e. The van der Waals surface area contributed by atoms with Gasteiger partial charge in [-0.15, -0.1) is 0 Å². The molecule has 0 atom stereocenters. The first-order valence-corrected chi connectivity index (χ1v) is 11.7. The Morgan fingerprint density at radius 2 is 1.51 bits per heavy atom. The first kappa shape index (κ1) is 24.1. The number of hydrogen-bond acceptors (Lipinski definition) is 6. The number of rotatable bonds is 9. The van der Waals surface area contributed by atoms with Gasteiger partial charge in [-0.05, 0) is 66.4 Å². The number of carbonyl (C=O) groups excluding carboxylic acids is 2. The summed E-state index contributed by atoms with van der Waals surface area (Å²) in [5.74, 6) is -0.853. The lowest BCUT2D eigenvalue weighted by Crippen LogP contribution is -2.28. The molecule has 1 aromatic heterocycles. The third-order valence-electron chi connectivity index (χ3n) is 6.71. The van der Waals surface area contributed by atoms with Gasteiger partial charge in [0.25, 0.3) is 0 Å². The highest BCUT2D eigenvalue weighted by Crippen LogP contribution is 2.48. The number of hydrogen-bond donors (Lipinski definition) is 2. The zero-order valence-corrected chi connectivity index (χ0v) is 19.7. The van der Waals surface area contributed by atoms with Crippen LogP contribution in [0.3, 0.4) is 0 Å². The predicted molar refractivity (Wildman–Crippen MR) is 135 cm³/mol. The van der Waals surface area contributed by atoms with Gasteiger partial charge >= 0.3 is 5.97 Å². The van der Waals surface area contributed by atoms with Gasteiger partial charge in [-0.2, -0.15) is 0 Å². The van der Waals surface area contributed by atoms with Gasteiger partial charge in [-0.25, -0.2) is 9.18 Å². The molecule has 0 aliphatic heterocycles. The molecule has 0 unspecified atom stereocenters. The van der Waals surface area contributed by atoms with Crippen LogP contribution in [0.25, 0.3) is 10.9 Å². The number of carbonyl (C=O) groups is 3. The van der Waals surface area contributed by atoms with Gasteiger partial charge in [-0.1, -0.05) is 24.3 Å². The molecule has 1 heterocycles. The van der Waals surface area contributed by atoms with Crippen molar-refractivity contribution in [2.24, 2.45) is 5.41 Å². The molecule has 37 heavy (non-hydrogen) atoms. The summed E-state index contributed by atoms with van der Waals surface area (Å²) < 4.78 is 19.1. The highest BCUT2D eigenvalue weighted by molar-refractivity contribution is 6.11. The largest absolute Gasteiger partial charge is 0.478 e. The van der Waals surface area contributed by atoms with Crippen LogP contribution in [0.2, 0.25) is 0 Å². The highest BCUT2D eigenvalue weighted by atomic mass is 19.1. The first-order chi connectivity index (χ1) is 17.7. The average Bonchev–Trinajstić information content (AvgIpc) is 3.69. The van der Waals surface area contributed by atoms with Gasteiger partial charge in [-0.3, -0.25) is 14.6 Å². The number of aromatic nitrogens is 1. The standard InChI is InChI=1S/C29H23FN2O5/c30-19-5-1-17(2-6-19)13-26(33)29(10-11-29)27(34)14-18-3-7-20(8-4-18)37-25-9-12-32-24-16-23(31)21(28(35)36)15-22(24)25/h1-9,12,15-16H,10-11,13-14,31H2,(H,35,36). The molecular weight excluding hydrogens is 475 g/mol. The lowest BCUT2D eigenvalue weighted by atomic mass is 9.88. The molecule has 0 radical (unpaired) electrons. The van der Waals surface area contributed by atoms with Crippen molar-refractivity contribution in [1.82, 2.24) is 4.98 Å². The molecule has 1 aliphatic rings. The minimum atomic E-state index is -1.15. The van der Waals surface area contributed by atoms with Crippen molar-refractivity contribution in [3.8, 4) is 11.5 Å². The number of ketones is 2. The molecule has 8 heteroatoms. The Balaban J connectivity index is 1.28. The summed E-state index contributed by atoms with van der Waals surface area (Å²) in [5, 5.41) is 9.89. The highest BCUT2D eigenvalue weighted by Gasteiger charge is 2.54. The molecule has 0 spiro atoms. The van der Waals surface area contributed by atoms with Crippen LogP contribution in [0.15, 0.2) is 72.9 Å². The van der Waals surface area contributed by atoms with Gasteiger partial charge < -0.3 is 15.6 Å². The van der Waals surface area contributed by atoms with Crippen LogP contribution in [-0.2, 0) is 22.4 Å². The minimum absolute atomic E-state index is 0.0396. The number of halogens is 1. The number of benzene rings is 3. The van der Waals surface area contributed by atoms with E-state index in [1.807, 2.05) is 0 Å². The first-order valence-electron chi connectivity index (χ1n) is 11.7. The van der Waals surface area contributed by atoms with Crippen LogP contribution in [0.5, 0.6) is 11.5 Å². The Hall–Kier alpha value is -4.59. The minimum Gasteiger partial charge on any atom is -0.478 e. The average molecular weight is 499 g/mol. The number of nitrogen functional groups attached to an aromatic ring is 1. The van der Waals surface area contributed by atoms with E-state index in [0.29, 0.717) is 40.8 Å². The Bertz CT molecular complexity index is 1530. The SMILES string of the molecule is Nc1cc2nccc(Oc3ccc(CC(=O)C4(C(=O)Cc5ccc(F)cc5)CC4)cc3)c2cc1C(=O)O. The van der Waals surface area contributed by atoms with E-state index in [0.717, 1.165) is 5.56 Å². The molecule has 186 valence electrons. The van der Waals surface area contributed by atoms with Gasteiger partial charge in [0.05, 0.1) is 16.5 Å². The lowest BCUT2D eigenvalue weighted by Gasteiger charge is -2.14. The van der Waals surface area contributed by atoms with Crippen LogP contribution in [-0.4, -0.2) is 27.6 Å². The number of carboxylic acid groups (broad SMARTS) is 1. The third-order valence-corrected chi connectivity index (χ3v) is 6.71. The van der Waals surface area contributed by atoms with Crippen LogP contribution in [0, 0.1) is 11.2 Å². The number of pyridine rings is 1. The zero-order chi connectivity index (χ0) is 26.2. The summed E-state index contributed by atoms with van der Waals surface area (Å²) in [4.78, 5) is 41.6. The summed E-state index contributed by atoms with van der Waals surface area (Å²) in [6.07, 6.45) is 2.83. The number of anilines is 1. The van der Waals surface area contributed by atoms with E-state index in [1.54, 1.807) is 48.7 Å². The number of aromatic carboxylic acids is 1. The van der Waals surface area contributed by atoms with Gasteiger partial charge in [0.15, 0.2) is 11.6 Å². The van der Waals surface area contributed by atoms with E-state index in [9.17, 15) is 23.9 Å².